The molecule has 3 heteroatoms. The van der Waals surface area contributed by atoms with Crippen LogP contribution >= 0.6 is 0 Å². The van der Waals surface area contributed by atoms with E-state index in [-0.39, 0.29) is 0 Å². The maximum Gasteiger partial charge on any atom is 0.291 e. The van der Waals surface area contributed by atoms with Gasteiger partial charge in [0.05, 0.1) is 6.20 Å². The summed E-state index contributed by atoms with van der Waals surface area (Å²) in [6, 6.07) is 5.75. The second-order valence-electron chi connectivity index (χ2n) is 2.37. The highest BCUT2D eigenvalue weighted by Crippen LogP contribution is 1.92. The zero-order valence-corrected chi connectivity index (χ0v) is 6.46. The second kappa shape index (κ2) is 3.09. The molecular formula is C9H8N3+. The number of nitrogens with zero attached hydrogens (tertiary/aromatic N) is 3. The van der Waals surface area contributed by atoms with Crippen molar-refractivity contribution in [3.8, 4) is 5.69 Å². The molecular weight excluding hydrogens is 150 g/mol. The number of rotatable bonds is 1. The minimum absolute atomic E-state index is 1.07. The maximum atomic E-state index is 4.00. The Hall–Kier alpha value is -1.77. The molecule has 0 amide bonds. The molecule has 0 fully saturated rings. The average Bonchev–Trinajstić information content (AvgIpc) is 2.21. The normalized spacial score (nSPS) is 9.67. The van der Waals surface area contributed by atoms with Crippen LogP contribution in [0.3, 0.4) is 0 Å². The molecule has 12 heavy (non-hydrogen) atoms. The van der Waals surface area contributed by atoms with Gasteiger partial charge in [0.25, 0.3) is 6.33 Å². The molecule has 2 aromatic rings. The molecule has 0 unspecified atom stereocenters. The van der Waals surface area contributed by atoms with Crippen molar-refractivity contribution in [1.29, 1.82) is 0 Å². The fourth-order valence-corrected chi connectivity index (χ4v) is 0.999. The molecule has 58 valence electrons. The van der Waals surface area contributed by atoms with Crippen molar-refractivity contribution in [2.45, 2.75) is 0 Å². The third-order valence-electron chi connectivity index (χ3n) is 1.57. The Labute approximate surface area is 70.4 Å². The fourth-order valence-electron chi connectivity index (χ4n) is 0.999. The molecule has 2 aromatic heterocycles. The van der Waals surface area contributed by atoms with Crippen molar-refractivity contribution in [2.75, 3.05) is 0 Å². The first-order chi connectivity index (χ1) is 5.97. The lowest BCUT2D eigenvalue weighted by molar-refractivity contribution is -0.599. The summed E-state index contributed by atoms with van der Waals surface area (Å²) >= 11 is 0. The molecule has 0 aliphatic carbocycles. The lowest BCUT2D eigenvalue weighted by Gasteiger charge is -1.94. The molecule has 0 bridgehead atoms. The van der Waals surface area contributed by atoms with E-state index in [0.29, 0.717) is 0 Å². The first-order valence-electron chi connectivity index (χ1n) is 3.68. The van der Waals surface area contributed by atoms with Crippen molar-refractivity contribution in [1.82, 2.24) is 9.97 Å². The van der Waals surface area contributed by atoms with Crippen LogP contribution in [-0.4, -0.2) is 9.97 Å². The highest BCUT2D eigenvalue weighted by atomic mass is 15.0. The predicted molar refractivity (Wildman–Crippen MR) is 43.6 cm³/mol. The van der Waals surface area contributed by atoms with Crippen molar-refractivity contribution in [2.24, 2.45) is 0 Å². The highest BCUT2D eigenvalue weighted by molar-refractivity contribution is 5.16. The van der Waals surface area contributed by atoms with Crippen LogP contribution in [0.2, 0.25) is 0 Å². The van der Waals surface area contributed by atoms with Gasteiger partial charge in [0, 0.05) is 30.6 Å². The summed E-state index contributed by atoms with van der Waals surface area (Å²) in [5.74, 6) is 0. The zero-order valence-electron chi connectivity index (χ0n) is 6.46. The quantitative estimate of drug-likeness (QED) is 0.573. The second-order valence-corrected chi connectivity index (χ2v) is 2.37. The van der Waals surface area contributed by atoms with E-state index in [1.165, 1.54) is 0 Å². The predicted octanol–water partition coefficient (Wildman–Crippen LogP) is 0.753. The Kier molecular flexibility index (Phi) is 1.78. The number of aromatic nitrogens is 3. The third-order valence-corrected chi connectivity index (χ3v) is 1.57. The summed E-state index contributed by atoms with van der Waals surface area (Å²) in [6.07, 6.45) is 8.97. The van der Waals surface area contributed by atoms with Gasteiger partial charge in [-0.15, -0.1) is 0 Å². The largest absolute Gasteiger partial charge is 0.291 e. The van der Waals surface area contributed by atoms with Gasteiger partial charge in [-0.05, 0) is 0 Å². The molecule has 0 aliphatic rings. The van der Waals surface area contributed by atoms with Crippen molar-refractivity contribution >= 4 is 0 Å². The van der Waals surface area contributed by atoms with Crippen LogP contribution < -0.4 is 4.57 Å². The molecule has 3 nitrogen and oxygen atoms in total. The van der Waals surface area contributed by atoms with Gasteiger partial charge in [-0.2, -0.15) is 0 Å². The van der Waals surface area contributed by atoms with Crippen molar-refractivity contribution < 1.29 is 4.57 Å². The minimum atomic E-state index is 1.07. The molecule has 0 spiro atoms. The van der Waals surface area contributed by atoms with Crippen LogP contribution in [0.25, 0.3) is 5.69 Å². The van der Waals surface area contributed by atoms with E-state index in [1.54, 1.807) is 24.9 Å². The molecule has 2 heterocycles. The summed E-state index contributed by atoms with van der Waals surface area (Å²) in [6.45, 7) is 0. The standard InChI is InChI=1S/C9H8N3/c1-4-11-8-12(7-1)9-2-5-10-6-3-9/h1-8H/q+1. The van der Waals surface area contributed by atoms with Gasteiger partial charge in [0.2, 0.25) is 0 Å². The van der Waals surface area contributed by atoms with Crippen LogP contribution in [-0.2, 0) is 0 Å². The zero-order chi connectivity index (χ0) is 8.23. The first kappa shape index (κ1) is 6.91. The van der Waals surface area contributed by atoms with Gasteiger partial charge in [-0.25, -0.2) is 4.57 Å². The molecule has 0 saturated heterocycles. The molecule has 0 aromatic carbocycles. The summed E-state index contributed by atoms with van der Waals surface area (Å²) in [5, 5.41) is 0. The van der Waals surface area contributed by atoms with Crippen molar-refractivity contribution in [3.05, 3.63) is 49.3 Å². The third kappa shape index (κ3) is 1.29. The van der Waals surface area contributed by atoms with Gasteiger partial charge in [-0.1, -0.05) is 4.98 Å². The lowest BCUT2D eigenvalue weighted by Crippen LogP contribution is -2.29. The number of hydrogen-bond acceptors (Lipinski definition) is 2. The van der Waals surface area contributed by atoms with Gasteiger partial charge in [0.1, 0.15) is 11.9 Å². The van der Waals surface area contributed by atoms with E-state index in [9.17, 15) is 0 Å². The number of hydrogen-bond donors (Lipinski definition) is 0. The SMILES string of the molecule is c1cnc[n+](-c2ccncc2)c1. The topological polar surface area (TPSA) is 29.7 Å². The Morgan fingerprint density at radius 3 is 2.50 bits per heavy atom. The van der Waals surface area contributed by atoms with E-state index in [4.69, 9.17) is 0 Å². The van der Waals surface area contributed by atoms with E-state index >= 15 is 0 Å². The monoisotopic (exact) mass is 158 g/mol. The van der Waals surface area contributed by atoms with Crippen LogP contribution in [0.4, 0.5) is 0 Å². The Morgan fingerprint density at radius 2 is 1.83 bits per heavy atom. The van der Waals surface area contributed by atoms with Crippen LogP contribution in [0.5, 0.6) is 0 Å². The molecule has 0 N–H and O–H groups in total. The minimum Gasteiger partial charge on any atom is -0.264 e. The van der Waals surface area contributed by atoms with Crippen LogP contribution in [0.1, 0.15) is 0 Å². The smallest absolute Gasteiger partial charge is 0.264 e. The van der Waals surface area contributed by atoms with Gasteiger partial charge < -0.3 is 0 Å². The lowest BCUT2D eigenvalue weighted by atomic mass is 10.4. The van der Waals surface area contributed by atoms with Gasteiger partial charge in [0.15, 0.2) is 0 Å². The Balaban J connectivity index is 2.46. The number of pyridine rings is 1. The molecule has 0 radical (unpaired) electrons. The summed E-state index contributed by atoms with van der Waals surface area (Å²) in [5.41, 5.74) is 1.07. The highest BCUT2D eigenvalue weighted by Gasteiger charge is 1.97. The molecule has 0 saturated carbocycles. The summed E-state index contributed by atoms with van der Waals surface area (Å²) < 4.78 is 1.93. The fraction of sp³-hybridized carbons (Fsp3) is 0. The Bertz CT molecular complexity index is 307. The van der Waals surface area contributed by atoms with E-state index in [1.807, 2.05) is 29.0 Å². The molecule has 0 atom stereocenters. The van der Waals surface area contributed by atoms with E-state index in [0.717, 1.165) is 5.69 Å². The average molecular weight is 158 g/mol. The van der Waals surface area contributed by atoms with Crippen LogP contribution in [0, 0.1) is 0 Å². The maximum absolute atomic E-state index is 4.00. The molecule has 0 aliphatic heterocycles. The van der Waals surface area contributed by atoms with Crippen molar-refractivity contribution in [3.63, 3.8) is 0 Å². The summed E-state index contributed by atoms with van der Waals surface area (Å²) in [4.78, 5) is 7.94. The summed E-state index contributed by atoms with van der Waals surface area (Å²) in [7, 11) is 0. The Morgan fingerprint density at radius 1 is 1.00 bits per heavy atom. The first-order valence-corrected chi connectivity index (χ1v) is 3.68. The van der Waals surface area contributed by atoms with E-state index < -0.39 is 0 Å². The van der Waals surface area contributed by atoms with Gasteiger partial charge >= 0.3 is 0 Å². The van der Waals surface area contributed by atoms with Crippen LogP contribution in [0.15, 0.2) is 49.3 Å². The van der Waals surface area contributed by atoms with E-state index in [2.05, 4.69) is 9.97 Å². The van der Waals surface area contributed by atoms with Gasteiger partial charge in [-0.3, -0.25) is 4.98 Å². The molecule has 2 rings (SSSR count).